The number of benzene rings is 2. The first kappa shape index (κ1) is 23.8. The zero-order valence-electron chi connectivity index (χ0n) is 20.3. The monoisotopic (exact) mass is 463 g/mol. The van der Waals surface area contributed by atoms with Gasteiger partial charge in [-0.3, -0.25) is 14.7 Å². The van der Waals surface area contributed by atoms with Crippen LogP contribution in [0.3, 0.4) is 0 Å². The normalized spacial score (nSPS) is 13.2. The molecule has 2 heterocycles. The lowest BCUT2D eigenvalue weighted by Gasteiger charge is -2.16. The minimum Gasteiger partial charge on any atom is -0.507 e. The standard InChI is InChI=1S/C26H33N5O3/c1-16(2)5-8-22-20-12-21(24(32)13-23(20)29-28-22)26(34)31-14-18-7-6-17(11-19(18)15-31)25(33)27-9-10-30(3)4/h6-7,11-13,16,32H,5,8-10,14-15H2,1-4H3,(H,27,33)(H,28,29). The lowest BCUT2D eigenvalue weighted by molar-refractivity contribution is 0.0748. The summed E-state index contributed by atoms with van der Waals surface area (Å²) in [5, 5.41) is 21.7. The summed E-state index contributed by atoms with van der Waals surface area (Å²) in [6, 6.07) is 8.89. The van der Waals surface area contributed by atoms with Crippen LogP contribution in [-0.2, 0) is 19.5 Å². The van der Waals surface area contributed by atoms with Crippen LogP contribution < -0.4 is 5.32 Å². The van der Waals surface area contributed by atoms with E-state index in [0.717, 1.165) is 47.1 Å². The summed E-state index contributed by atoms with van der Waals surface area (Å²) < 4.78 is 0. The third kappa shape index (κ3) is 5.07. The number of aryl methyl sites for hydroxylation is 1. The van der Waals surface area contributed by atoms with Gasteiger partial charge in [0.1, 0.15) is 5.75 Å². The third-order valence-electron chi connectivity index (χ3n) is 6.27. The molecular weight excluding hydrogens is 430 g/mol. The van der Waals surface area contributed by atoms with Gasteiger partial charge in [0.2, 0.25) is 0 Å². The first-order valence-electron chi connectivity index (χ1n) is 11.8. The molecule has 0 aliphatic carbocycles. The maximum Gasteiger partial charge on any atom is 0.258 e. The number of phenolic OH excluding ortho intramolecular Hbond substituents is 1. The van der Waals surface area contributed by atoms with Gasteiger partial charge in [0, 0.05) is 43.2 Å². The van der Waals surface area contributed by atoms with Gasteiger partial charge >= 0.3 is 0 Å². The summed E-state index contributed by atoms with van der Waals surface area (Å²) in [7, 11) is 3.92. The van der Waals surface area contributed by atoms with Gasteiger partial charge in [0.15, 0.2) is 0 Å². The van der Waals surface area contributed by atoms with Crippen molar-refractivity contribution in [1.29, 1.82) is 0 Å². The van der Waals surface area contributed by atoms with Crippen molar-refractivity contribution in [2.24, 2.45) is 5.92 Å². The second kappa shape index (κ2) is 9.85. The number of likely N-dealkylation sites (N-methyl/N-ethyl adjacent to an activating group) is 1. The Hall–Kier alpha value is -3.39. The molecule has 0 spiro atoms. The van der Waals surface area contributed by atoms with E-state index in [4.69, 9.17) is 0 Å². The average Bonchev–Trinajstić information content (AvgIpc) is 3.39. The number of nitrogens with zero attached hydrogens (tertiary/aromatic N) is 3. The smallest absolute Gasteiger partial charge is 0.258 e. The Morgan fingerprint density at radius 2 is 1.94 bits per heavy atom. The lowest BCUT2D eigenvalue weighted by Crippen LogP contribution is -2.31. The number of nitrogens with one attached hydrogen (secondary N) is 2. The molecule has 0 fully saturated rings. The number of amides is 2. The highest BCUT2D eigenvalue weighted by molar-refractivity contribution is 6.01. The van der Waals surface area contributed by atoms with E-state index in [1.165, 1.54) is 0 Å². The van der Waals surface area contributed by atoms with Crippen LogP contribution in [0.2, 0.25) is 0 Å². The highest BCUT2D eigenvalue weighted by atomic mass is 16.3. The second-order valence-corrected chi connectivity index (χ2v) is 9.72. The summed E-state index contributed by atoms with van der Waals surface area (Å²) >= 11 is 0. The quantitative estimate of drug-likeness (QED) is 0.476. The summed E-state index contributed by atoms with van der Waals surface area (Å²) in [5.41, 5.74) is 4.46. The Kier molecular flexibility index (Phi) is 6.88. The molecule has 0 atom stereocenters. The molecule has 8 heteroatoms. The van der Waals surface area contributed by atoms with Gasteiger partial charge < -0.3 is 20.2 Å². The van der Waals surface area contributed by atoms with Crippen molar-refractivity contribution in [3.8, 4) is 5.75 Å². The number of rotatable bonds is 8. The molecule has 3 N–H and O–H groups in total. The summed E-state index contributed by atoms with van der Waals surface area (Å²) in [6.45, 7) is 6.51. The van der Waals surface area contributed by atoms with Crippen LogP contribution in [0.15, 0.2) is 30.3 Å². The molecule has 4 rings (SSSR count). The fraction of sp³-hybridized carbons (Fsp3) is 0.423. The van der Waals surface area contributed by atoms with E-state index in [1.54, 1.807) is 23.1 Å². The number of hydrogen-bond acceptors (Lipinski definition) is 5. The van der Waals surface area contributed by atoms with Gasteiger partial charge in [0.05, 0.1) is 16.8 Å². The van der Waals surface area contributed by atoms with Gasteiger partial charge in [0.25, 0.3) is 11.8 Å². The van der Waals surface area contributed by atoms with E-state index < -0.39 is 0 Å². The Bertz CT molecular complexity index is 1210. The number of H-pyrrole nitrogens is 1. The first-order chi connectivity index (χ1) is 16.2. The minimum absolute atomic E-state index is 0.0616. The van der Waals surface area contributed by atoms with Crippen LogP contribution >= 0.6 is 0 Å². The number of fused-ring (bicyclic) bond motifs is 2. The van der Waals surface area contributed by atoms with E-state index in [-0.39, 0.29) is 23.1 Å². The number of carbonyl (C=O) groups excluding carboxylic acids is 2. The summed E-state index contributed by atoms with van der Waals surface area (Å²) in [6.07, 6.45) is 1.81. The van der Waals surface area contributed by atoms with Crippen LogP contribution in [0.4, 0.5) is 0 Å². The van der Waals surface area contributed by atoms with Crippen molar-refractivity contribution in [1.82, 2.24) is 25.3 Å². The maximum atomic E-state index is 13.4. The Balaban J connectivity index is 1.50. The molecule has 0 saturated carbocycles. The van der Waals surface area contributed by atoms with Crippen molar-refractivity contribution in [2.45, 2.75) is 39.8 Å². The Morgan fingerprint density at radius 1 is 1.18 bits per heavy atom. The predicted octanol–water partition coefficient (Wildman–Crippen LogP) is 3.30. The van der Waals surface area contributed by atoms with Gasteiger partial charge in [-0.05, 0) is 62.2 Å². The fourth-order valence-electron chi connectivity index (χ4n) is 4.24. The first-order valence-corrected chi connectivity index (χ1v) is 11.8. The molecule has 34 heavy (non-hydrogen) atoms. The van der Waals surface area contributed by atoms with Crippen molar-refractivity contribution < 1.29 is 14.7 Å². The highest BCUT2D eigenvalue weighted by Gasteiger charge is 2.27. The van der Waals surface area contributed by atoms with Crippen LogP contribution in [-0.4, -0.2) is 64.1 Å². The molecule has 1 aromatic heterocycles. The van der Waals surface area contributed by atoms with Crippen molar-refractivity contribution in [3.63, 3.8) is 0 Å². The molecule has 8 nitrogen and oxygen atoms in total. The number of carbonyl (C=O) groups is 2. The van der Waals surface area contributed by atoms with E-state index in [1.807, 2.05) is 31.1 Å². The van der Waals surface area contributed by atoms with Gasteiger partial charge in [-0.1, -0.05) is 19.9 Å². The largest absolute Gasteiger partial charge is 0.507 e. The maximum absolute atomic E-state index is 13.4. The minimum atomic E-state index is -0.233. The van der Waals surface area contributed by atoms with Crippen LogP contribution in [0.1, 0.15) is 57.8 Å². The molecule has 1 aliphatic rings. The SMILES string of the molecule is CC(C)CCc1n[nH]c2cc(O)c(C(=O)N3Cc4ccc(C(=O)NCCN(C)C)cc4C3)cc12. The molecule has 0 radical (unpaired) electrons. The number of phenols is 1. The van der Waals surface area contributed by atoms with Crippen LogP contribution in [0, 0.1) is 5.92 Å². The van der Waals surface area contributed by atoms with Crippen LogP contribution in [0.25, 0.3) is 10.9 Å². The summed E-state index contributed by atoms with van der Waals surface area (Å²) in [4.78, 5) is 29.5. The topological polar surface area (TPSA) is 102 Å². The van der Waals surface area contributed by atoms with E-state index in [2.05, 4.69) is 29.4 Å². The zero-order chi connectivity index (χ0) is 24.4. The van der Waals surface area contributed by atoms with Crippen molar-refractivity contribution >= 4 is 22.7 Å². The lowest BCUT2D eigenvalue weighted by atomic mass is 10.0. The predicted molar refractivity (Wildman–Crippen MR) is 132 cm³/mol. The molecule has 0 bridgehead atoms. The number of aromatic hydroxyl groups is 1. The second-order valence-electron chi connectivity index (χ2n) is 9.72. The number of hydrogen-bond donors (Lipinski definition) is 3. The van der Waals surface area contributed by atoms with Gasteiger partial charge in [-0.25, -0.2) is 0 Å². The molecule has 180 valence electrons. The summed E-state index contributed by atoms with van der Waals surface area (Å²) in [5.74, 6) is 0.136. The molecule has 0 unspecified atom stereocenters. The molecule has 3 aromatic rings. The van der Waals surface area contributed by atoms with Crippen molar-refractivity contribution in [3.05, 3.63) is 58.3 Å². The third-order valence-corrected chi connectivity index (χ3v) is 6.27. The molecule has 2 aromatic carbocycles. The fourth-order valence-corrected chi connectivity index (χ4v) is 4.24. The Labute approximate surface area is 199 Å². The zero-order valence-corrected chi connectivity index (χ0v) is 20.3. The molecule has 0 saturated heterocycles. The average molecular weight is 464 g/mol. The van der Waals surface area contributed by atoms with Crippen molar-refractivity contribution in [2.75, 3.05) is 27.2 Å². The Morgan fingerprint density at radius 3 is 2.68 bits per heavy atom. The van der Waals surface area contributed by atoms with Gasteiger partial charge in [-0.15, -0.1) is 0 Å². The van der Waals surface area contributed by atoms with Crippen LogP contribution in [0.5, 0.6) is 5.75 Å². The van der Waals surface area contributed by atoms with E-state index in [9.17, 15) is 14.7 Å². The van der Waals surface area contributed by atoms with Gasteiger partial charge in [-0.2, -0.15) is 5.10 Å². The molecule has 1 aliphatic heterocycles. The number of aromatic amines is 1. The molecule has 2 amide bonds. The number of aromatic nitrogens is 2. The highest BCUT2D eigenvalue weighted by Crippen LogP contribution is 2.31. The molecular formula is C26H33N5O3. The van der Waals surface area contributed by atoms with E-state index >= 15 is 0 Å². The van der Waals surface area contributed by atoms with E-state index in [0.29, 0.717) is 31.1 Å².